The Bertz CT molecular complexity index is 527. The van der Waals surface area contributed by atoms with Crippen molar-refractivity contribution in [2.45, 2.75) is 12.5 Å². The number of halogens is 3. The number of thiophene rings is 1. The minimum atomic E-state index is -0.763. The third-order valence-electron chi connectivity index (χ3n) is 2.36. The van der Waals surface area contributed by atoms with Crippen LogP contribution in [0.1, 0.15) is 16.5 Å². The van der Waals surface area contributed by atoms with Crippen LogP contribution in [0.5, 0.6) is 0 Å². The molecule has 90 valence electrons. The Balaban J connectivity index is 2.18. The quantitative estimate of drug-likeness (QED) is 0.884. The monoisotopic (exact) mass is 290 g/mol. The van der Waals surface area contributed by atoms with Gasteiger partial charge in [0.1, 0.15) is 5.82 Å². The smallest absolute Gasteiger partial charge is 0.145 e. The molecule has 0 radical (unpaired) electrons. The standard InChI is InChI=1S/C12H9Cl2FOS/c13-8-5-11(17-6-8)10(16)4-7-2-1-3-9(14)12(7)15/h1-3,5-6,10,16H,4H2. The molecule has 0 spiro atoms. The second-order valence-corrected chi connectivity index (χ2v) is 5.39. The molecular formula is C12H9Cl2FOS. The van der Waals surface area contributed by atoms with Crippen LogP contribution in [0.25, 0.3) is 0 Å². The molecule has 0 aliphatic carbocycles. The molecule has 0 amide bonds. The van der Waals surface area contributed by atoms with E-state index in [-0.39, 0.29) is 11.4 Å². The van der Waals surface area contributed by atoms with Gasteiger partial charge in [-0.1, -0.05) is 35.3 Å². The molecule has 1 heterocycles. The molecule has 1 aromatic carbocycles. The average Bonchev–Trinajstić information content (AvgIpc) is 2.72. The van der Waals surface area contributed by atoms with E-state index in [2.05, 4.69) is 0 Å². The highest BCUT2D eigenvalue weighted by Gasteiger charge is 2.14. The molecule has 0 aliphatic heterocycles. The first-order chi connectivity index (χ1) is 8.08. The fourth-order valence-electron chi connectivity index (χ4n) is 1.52. The van der Waals surface area contributed by atoms with Gasteiger partial charge in [0.05, 0.1) is 16.1 Å². The van der Waals surface area contributed by atoms with Crippen LogP contribution in [0, 0.1) is 5.82 Å². The van der Waals surface area contributed by atoms with Crippen molar-refractivity contribution in [3.63, 3.8) is 0 Å². The van der Waals surface area contributed by atoms with E-state index in [4.69, 9.17) is 23.2 Å². The van der Waals surface area contributed by atoms with Crippen molar-refractivity contribution in [3.05, 3.63) is 55.9 Å². The normalized spacial score (nSPS) is 12.7. The molecule has 0 saturated heterocycles. The Hall–Kier alpha value is -0.610. The summed E-state index contributed by atoms with van der Waals surface area (Å²) in [5, 5.41) is 12.3. The molecule has 0 aliphatic rings. The fraction of sp³-hybridized carbons (Fsp3) is 0.167. The van der Waals surface area contributed by atoms with Crippen molar-refractivity contribution >= 4 is 34.5 Å². The topological polar surface area (TPSA) is 20.2 Å². The van der Waals surface area contributed by atoms with E-state index in [1.54, 1.807) is 23.6 Å². The zero-order valence-corrected chi connectivity index (χ0v) is 11.0. The molecule has 0 bridgehead atoms. The van der Waals surface area contributed by atoms with E-state index in [0.29, 0.717) is 10.6 Å². The van der Waals surface area contributed by atoms with Gasteiger partial charge in [-0.2, -0.15) is 0 Å². The summed E-state index contributed by atoms with van der Waals surface area (Å²) in [6.07, 6.45) is -0.580. The Kier molecular flexibility index (Phi) is 4.05. The van der Waals surface area contributed by atoms with Crippen molar-refractivity contribution in [1.82, 2.24) is 0 Å². The van der Waals surface area contributed by atoms with Gasteiger partial charge in [0.15, 0.2) is 0 Å². The summed E-state index contributed by atoms with van der Waals surface area (Å²) in [5.74, 6) is -0.476. The highest BCUT2D eigenvalue weighted by molar-refractivity contribution is 7.10. The fourth-order valence-corrected chi connectivity index (χ4v) is 2.78. The molecule has 2 rings (SSSR count). The van der Waals surface area contributed by atoms with E-state index in [9.17, 15) is 9.50 Å². The van der Waals surface area contributed by atoms with Gasteiger partial charge in [-0.05, 0) is 17.7 Å². The predicted molar refractivity (Wildman–Crippen MR) is 69.4 cm³/mol. The summed E-state index contributed by atoms with van der Waals surface area (Å²) in [4.78, 5) is 0.717. The van der Waals surface area contributed by atoms with Gasteiger partial charge in [-0.3, -0.25) is 0 Å². The second kappa shape index (κ2) is 5.36. The number of hydrogen-bond donors (Lipinski definition) is 1. The predicted octanol–water partition coefficient (Wildman–Crippen LogP) is 4.47. The largest absolute Gasteiger partial charge is 0.387 e. The van der Waals surface area contributed by atoms with Crippen molar-refractivity contribution < 1.29 is 9.50 Å². The van der Waals surface area contributed by atoms with E-state index in [0.717, 1.165) is 4.88 Å². The molecular weight excluding hydrogens is 282 g/mol. The van der Waals surface area contributed by atoms with Crippen LogP contribution < -0.4 is 0 Å². The Morgan fingerprint density at radius 2 is 2.12 bits per heavy atom. The minimum absolute atomic E-state index is 0.0684. The maximum absolute atomic E-state index is 13.6. The molecule has 5 heteroatoms. The first-order valence-corrected chi connectivity index (χ1v) is 6.56. The average molecular weight is 291 g/mol. The number of benzene rings is 1. The van der Waals surface area contributed by atoms with E-state index < -0.39 is 11.9 Å². The Morgan fingerprint density at radius 1 is 1.35 bits per heavy atom. The van der Waals surface area contributed by atoms with E-state index >= 15 is 0 Å². The lowest BCUT2D eigenvalue weighted by molar-refractivity contribution is 0.181. The van der Waals surface area contributed by atoms with E-state index in [1.165, 1.54) is 17.4 Å². The van der Waals surface area contributed by atoms with Crippen LogP contribution >= 0.6 is 34.5 Å². The molecule has 2 aromatic rings. The summed E-state index contributed by atoms with van der Waals surface area (Å²) >= 11 is 12.8. The van der Waals surface area contributed by atoms with Gasteiger partial charge in [-0.15, -0.1) is 11.3 Å². The highest BCUT2D eigenvalue weighted by Crippen LogP contribution is 2.29. The molecule has 1 N–H and O–H groups in total. The number of aliphatic hydroxyl groups excluding tert-OH is 1. The first-order valence-electron chi connectivity index (χ1n) is 4.93. The Labute approximate surface area is 112 Å². The maximum Gasteiger partial charge on any atom is 0.145 e. The van der Waals surface area contributed by atoms with Crippen molar-refractivity contribution in [3.8, 4) is 0 Å². The SMILES string of the molecule is OC(Cc1cccc(Cl)c1F)c1cc(Cl)cs1. The number of hydrogen-bond acceptors (Lipinski definition) is 2. The lowest BCUT2D eigenvalue weighted by Gasteiger charge is -2.09. The van der Waals surface area contributed by atoms with Crippen molar-refractivity contribution in [2.24, 2.45) is 0 Å². The van der Waals surface area contributed by atoms with Gasteiger partial charge in [0.2, 0.25) is 0 Å². The molecule has 17 heavy (non-hydrogen) atoms. The van der Waals surface area contributed by atoms with Crippen LogP contribution in [0.3, 0.4) is 0 Å². The molecule has 1 nitrogen and oxygen atoms in total. The van der Waals surface area contributed by atoms with E-state index in [1.807, 2.05) is 0 Å². The first kappa shape index (κ1) is 12.8. The zero-order valence-electron chi connectivity index (χ0n) is 8.66. The number of rotatable bonds is 3. The van der Waals surface area contributed by atoms with Gasteiger partial charge in [-0.25, -0.2) is 4.39 Å². The van der Waals surface area contributed by atoms with Crippen LogP contribution in [0.15, 0.2) is 29.6 Å². The third-order valence-corrected chi connectivity index (χ3v) is 4.03. The molecule has 0 fully saturated rings. The molecule has 1 unspecified atom stereocenters. The molecule has 1 aromatic heterocycles. The van der Waals surface area contributed by atoms with Gasteiger partial charge in [0, 0.05) is 16.7 Å². The summed E-state index contributed by atoms with van der Waals surface area (Å²) in [7, 11) is 0. The summed E-state index contributed by atoms with van der Waals surface area (Å²) < 4.78 is 13.6. The van der Waals surface area contributed by atoms with Gasteiger partial charge < -0.3 is 5.11 Å². The maximum atomic E-state index is 13.6. The minimum Gasteiger partial charge on any atom is -0.387 e. The Morgan fingerprint density at radius 3 is 2.76 bits per heavy atom. The van der Waals surface area contributed by atoms with Crippen molar-refractivity contribution in [1.29, 1.82) is 0 Å². The van der Waals surface area contributed by atoms with Crippen LogP contribution in [-0.2, 0) is 6.42 Å². The second-order valence-electron chi connectivity index (χ2n) is 3.60. The van der Waals surface area contributed by atoms with Crippen LogP contribution in [0.2, 0.25) is 10.0 Å². The lowest BCUT2D eigenvalue weighted by Crippen LogP contribution is -2.02. The molecule has 1 atom stereocenters. The lowest BCUT2D eigenvalue weighted by atomic mass is 10.1. The van der Waals surface area contributed by atoms with Gasteiger partial charge >= 0.3 is 0 Å². The zero-order chi connectivity index (χ0) is 12.4. The highest BCUT2D eigenvalue weighted by atomic mass is 35.5. The molecule has 0 saturated carbocycles. The van der Waals surface area contributed by atoms with Crippen LogP contribution in [-0.4, -0.2) is 5.11 Å². The van der Waals surface area contributed by atoms with Crippen molar-refractivity contribution in [2.75, 3.05) is 0 Å². The summed E-state index contributed by atoms with van der Waals surface area (Å²) in [5.41, 5.74) is 0.398. The van der Waals surface area contributed by atoms with Gasteiger partial charge in [0.25, 0.3) is 0 Å². The summed E-state index contributed by atoms with van der Waals surface area (Å²) in [6, 6.07) is 6.43. The summed E-state index contributed by atoms with van der Waals surface area (Å²) in [6.45, 7) is 0. The van der Waals surface area contributed by atoms with Crippen LogP contribution in [0.4, 0.5) is 4.39 Å². The number of aliphatic hydroxyl groups is 1. The third kappa shape index (κ3) is 2.99.